The Labute approximate surface area is 53.4 Å². The number of hydrogen-bond acceptors (Lipinski definition) is 2. The predicted octanol–water partition coefficient (Wildman–Crippen LogP) is 0.585. The van der Waals surface area contributed by atoms with Crippen LogP contribution in [0.15, 0.2) is 23.8 Å². The first-order valence-corrected chi connectivity index (χ1v) is 2.72. The number of halogens is 1. The highest BCUT2D eigenvalue weighted by Crippen LogP contribution is 2.08. The number of likely N-dealkylation sites (N-methyl/N-ethyl adjacent to an activating group) is 1. The van der Waals surface area contributed by atoms with E-state index in [1.807, 2.05) is 0 Å². The molecule has 0 saturated heterocycles. The minimum atomic E-state index is -0.277. The minimum absolute atomic E-state index is 0.277. The molecule has 0 saturated carbocycles. The van der Waals surface area contributed by atoms with Crippen LogP contribution in [-0.2, 0) is 0 Å². The summed E-state index contributed by atoms with van der Waals surface area (Å²) in [5, 5.41) is 0. The molecule has 2 nitrogen and oxygen atoms in total. The van der Waals surface area contributed by atoms with E-state index in [1.54, 1.807) is 11.9 Å². The molecule has 2 N–H and O–H groups in total. The van der Waals surface area contributed by atoms with Crippen molar-refractivity contribution in [1.82, 2.24) is 4.90 Å². The number of allylic oxidation sites excluding steroid dienone is 2. The maximum atomic E-state index is 12.3. The van der Waals surface area contributed by atoms with Crippen LogP contribution in [0.25, 0.3) is 0 Å². The number of nitrogens with two attached hydrogens (primary N) is 1. The Hall–Kier alpha value is -0.990. The van der Waals surface area contributed by atoms with Crippen LogP contribution in [0.3, 0.4) is 0 Å². The summed E-state index contributed by atoms with van der Waals surface area (Å²) in [6.07, 6.45) is 2.75. The van der Waals surface area contributed by atoms with E-state index in [0.29, 0.717) is 12.2 Å². The summed E-state index contributed by atoms with van der Waals surface area (Å²) < 4.78 is 12.3. The molecule has 1 aliphatic heterocycles. The lowest BCUT2D eigenvalue weighted by molar-refractivity contribution is 0.460. The van der Waals surface area contributed by atoms with Crippen molar-refractivity contribution >= 4 is 0 Å². The van der Waals surface area contributed by atoms with Crippen molar-refractivity contribution < 1.29 is 4.39 Å². The molecule has 0 unspecified atom stereocenters. The van der Waals surface area contributed by atoms with E-state index in [9.17, 15) is 4.39 Å². The van der Waals surface area contributed by atoms with Crippen molar-refractivity contribution in [3.05, 3.63) is 23.8 Å². The third-order valence-corrected chi connectivity index (χ3v) is 1.10. The van der Waals surface area contributed by atoms with E-state index in [2.05, 4.69) is 0 Å². The van der Waals surface area contributed by atoms with Gasteiger partial charge in [0.15, 0.2) is 0 Å². The zero-order valence-corrected chi connectivity index (χ0v) is 5.26. The van der Waals surface area contributed by atoms with Gasteiger partial charge in [-0.3, -0.25) is 0 Å². The van der Waals surface area contributed by atoms with Crippen molar-refractivity contribution in [3.8, 4) is 0 Å². The molecule has 50 valence electrons. The lowest BCUT2D eigenvalue weighted by Gasteiger charge is -2.17. The van der Waals surface area contributed by atoms with E-state index in [1.165, 1.54) is 12.3 Å². The van der Waals surface area contributed by atoms with Crippen LogP contribution < -0.4 is 5.73 Å². The van der Waals surface area contributed by atoms with Crippen molar-refractivity contribution in [3.63, 3.8) is 0 Å². The lowest BCUT2D eigenvalue weighted by atomic mass is 10.3. The molecule has 0 aromatic heterocycles. The first-order valence-electron chi connectivity index (χ1n) is 2.72. The van der Waals surface area contributed by atoms with Crippen molar-refractivity contribution in [2.24, 2.45) is 5.73 Å². The summed E-state index contributed by atoms with van der Waals surface area (Å²) in [5.74, 6) is -0.277. The number of rotatable bonds is 0. The zero-order chi connectivity index (χ0) is 6.85. The van der Waals surface area contributed by atoms with Crippen molar-refractivity contribution in [1.29, 1.82) is 0 Å². The van der Waals surface area contributed by atoms with Gasteiger partial charge in [-0.15, -0.1) is 0 Å². The Balaban J connectivity index is 2.74. The summed E-state index contributed by atoms with van der Waals surface area (Å²) in [5.41, 5.74) is 5.92. The number of nitrogens with zero attached hydrogens (tertiary/aromatic N) is 1. The average molecular weight is 128 g/mol. The summed E-state index contributed by atoms with van der Waals surface area (Å²) >= 11 is 0. The standard InChI is InChI=1S/C6H9FN2/c1-9-3-5(7)2-6(8)4-9/h2-3H,4,8H2,1H3. The normalized spacial score (nSPS) is 19.1. The second-order valence-electron chi connectivity index (χ2n) is 2.15. The van der Waals surface area contributed by atoms with E-state index < -0.39 is 0 Å². The van der Waals surface area contributed by atoms with Crippen LogP contribution >= 0.6 is 0 Å². The zero-order valence-electron chi connectivity index (χ0n) is 5.26. The maximum absolute atomic E-state index is 12.3. The van der Waals surface area contributed by atoms with Crippen LogP contribution in [0.1, 0.15) is 0 Å². The molecule has 1 heterocycles. The molecule has 0 aromatic carbocycles. The molecular formula is C6H9FN2. The Morgan fingerprint density at radius 2 is 2.44 bits per heavy atom. The molecule has 0 spiro atoms. The van der Waals surface area contributed by atoms with E-state index in [-0.39, 0.29) is 5.83 Å². The van der Waals surface area contributed by atoms with Gasteiger partial charge in [-0.1, -0.05) is 0 Å². The fraction of sp³-hybridized carbons (Fsp3) is 0.333. The topological polar surface area (TPSA) is 29.3 Å². The second kappa shape index (κ2) is 2.09. The van der Waals surface area contributed by atoms with Crippen LogP contribution in [0.2, 0.25) is 0 Å². The van der Waals surface area contributed by atoms with E-state index in [0.717, 1.165) is 0 Å². The molecule has 1 aliphatic rings. The number of hydrogen-bond donors (Lipinski definition) is 1. The minimum Gasteiger partial charge on any atom is -0.400 e. The highest BCUT2D eigenvalue weighted by Gasteiger charge is 2.03. The molecule has 0 atom stereocenters. The van der Waals surface area contributed by atoms with Gasteiger partial charge in [0.25, 0.3) is 0 Å². The molecule has 0 aliphatic carbocycles. The van der Waals surface area contributed by atoms with Gasteiger partial charge >= 0.3 is 0 Å². The Morgan fingerprint density at radius 1 is 1.78 bits per heavy atom. The molecule has 0 radical (unpaired) electrons. The fourth-order valence-electron chi connectivity index (χ4n) is 0.804. The molecule has 0 amide bonds. The molecule has 1 rings (SSSR count). The van der Waals surface area contributed by atoms with Gasteiger partial charge in [-0.05, 0) is 6.08 Å². The van der Waals surface area contributed by atoms with Gasteiger partial charge in [0.1, 0.15) is 5.83 Å². The summed E-state index contributed by atoms with van der Waals surface area (Å²) in [6.45, 7) is 0.618. The van der Waals surface area contributed by atoms with Crippen LogP contribution in [0.4, 0.5) is 4.39 Å². The third-order valence-electron chi connectivity index (χ3n) is 1.10. The van der Waals surface area contributed by atoms with Gasteiger partial charge < -0.3 is 10.6 Å². The van der Waals surface area contributed by atoms with Crippen molar-refractivity contribution in [2.75, 3.05) is 13.6 Å². The third kappa shape index (κ3) is 1.45. The Bertz CT molecular complexity index is 172. The van der Waals surface area contributed by atoms with Gasteiger partial charge in [0, 0.05) is 18.9 Å². The SMILES string of the molecule is CN1C=C(F)C=C(N)C1. The second-order valence-corrected chi connectivity index (χ2v) is 2.15. The first kappa shape index (κ1) is 6.13. The average Bonchev–Trinajstić information content (AvgIpc) is 1.59. The van der Waals surface area contributed by atoms with Crippen molar-refractivity contribution in [2.45, 2.75) is 0 Å². The van der Waals surface area contributed by atoms with Crippen LogP contribution in [0.5, 0.6) is 0 Å². The predicted molar refractivity (Wildman–Crippen MR) is 34.1 cm³/mol. The van der Waals surface area contributed by atoms with E-state index >= 15 is 0 Å². The Kier molecular flexibility index (Phi) is 1.42. The molecule has 0 aromatic rings. The first-order chi connectivity index (χ1) is 4.18. The summed E-state index contributed by atoms with van der Waals surface area (Å²) in [6, 6.07) is 0. The van der Waals surface area contributed by atoms with Gasteiger partial charge in [-0.2, -0.15) is 0 Å². The quantitative estimate of drug-likeness (QED) is 0.517. The molecular weight excluding hydrogens is 119 g/mol. The van der Waals surface area contributed by atoms with Crippen LogP contribution in [-0.4, -0.2) is 18.5 Å². The maximum Gasteiger partial charge on any atom is 0.140 e. The summed E-state index contributed by atoms with van der Waals surface area (Å²) in [7, 11) is 1.78. The lowest BCUT2D eigenvalue weighted by Crippen LogP contribution is -2.21. The van der Waals surface area contributed by atoms with Gasteiger partial charge in [-0.25, -0.2) is 4.39 Å². The monoisotopic (exact) mass is 128 g/mol. The summed E-state index contributed by atoms with van der Waals surface area (Å²) in [4.78, 5) is 1.70. The van der Waals surface area contributed by atoms with Gasteiger partial charge in [0.2, 0.25) is 0 Å². The smallest absolute Gasteiger partial charge is 0.140 e. The fourth-order valence-corrected chi connectivity index (χ4v) is 0.804. The van der Waals surface area contributed by atoms with E-state index in [4.69, 9.17) is 5.73 Å². The molecule has 3 heteroatoms. The highest BCUT2D eigenvalue weighted by molar-refractivity contribution is 5.20. The van der Waals surface area contributed by atoms with Crippen LogP contribution in [0, 0.1) is 0 Å². The van der Waals surface area contributed by atoms with Gasteiger partial charge in [0.05, 0.1) is 6.54 Å². The Morgan fingerprint density at radius 3 is 2.89 bits per heavy atom. The largest absolute Gasteiger partial charge is 0.400 e. The highest BCUT2D eigenvalue weighted by atomic mass is 19.1. The molecule has 0 fully saturated rings. The molecule has 0 bridgehead atoms. The molecule has 9 heavy (non-hydrogen) atoms.